The number of aliphatic carboxylic acids is 1. The van der Waals surface area contributed by atoms with Gasteiger partial charge in [-0.15, -0.1) is 0 Å². The smallest absolute Gasteiger partial charge is 0.310 e. The summed E-state index contributed by atoms with van der Waals surface area (Å²) in [5.74, 6) is -1.24. The van der Waals surface area contributed by atoms with E-state index in [2.05, 4.69) is 0 Å². The van der Waals surface area contributed by atoms with E-state index in [0.29, 0.717) is 19.5 Å². The zero-order valence-corrected chi connectivity index (χ0v) is 10.6. The molecule has 1 heterocycles. The first-order valence-corrected chi connectivity index (χ1v) is 5.96. The number of rotatable bonds is 4. The molecular formula is C12H21NO4. The topological polar surface area (TPSA) is 77.8 Å². The molecule has 5 heteroatoms. The Morgan fingerprint density at radius 3 is 2.41 bits per heavy atom. The van der Waals surface area contributed by atoms with Gasteiger partial charge in [0.15, 0.2) is 0 Å². The van der Waals surface area contributed by atoms with Crippen LogP contribution >= 0.6 is 0 Å². The number of nitrogens with zero attached hydrogens (tertiary/aromatic N) is 1. The summed E-state index contributed by atoms with van der Waals surface area (Å²) in [6.45, 7) is 6.06. The van der Waals surface area contributed by atoms with E-state index in [1.54, 1.807) is 25.7 Å². The Balaban J connectivity index is 2.68. The first-order chi connectivity index (χ1) is 7.77. The molecule has 0 aromatic rings. The van der Waals surface area contributed by atoms with Crippen molar-refractivity contribution in [3.8, 4) is 0 Å². The van der Waals surface area contributed by atoms with E-state index < -0.39 is 17.5 Å². The van der Waals surface area contributed by atoms with Gasteiger partial charge in [-0.3, -0.25) is 9.59 Å². The van der Waals surface area contributed by atoms with Crippen molar-refractivity contribution in [2.45, 2.75) is 39.7 Å². The third kappa shape index (κ3) is 2.97. The summed E-state index contributed by atoms with van der Waals surface area (Å²) in [6.07, 6.45) is 0.110. The number of carboxylic acids is 1. The van der Waals surface area contributed by atoms with Crippen molar-refractivity contribution in [3.63, 3.8) is 0 Å². The fourth-order valence-corrected chi connectivity index (χ4v) is 1.92. The van der Waals surface area contributed by atoms with Gasteiger partial charge in [-0.25, -0.2) is 0 Å². The lowest BCUT2D eigenvalue weighted by atomic mass is 9.76. The summed E-state index contributed by atoms with van der Waals surface area (Å²) in [4.78, 5) is 24.8. The lowest BCUT2D eigenvalue weighted by Gasteiger charge is -2.30. The maximum atomic E-state index is 12.0. The highest BCUT2D eigenvalue weighted by Gasteiger charge is 2.40. The van der Waals surface area contributed by atoms with Crippen LogP contribution in [0.4, 0.5) is 0 Å². The number of amides is 1. The number of β-amino-alcohol motifs (C(OH)–C–C–N with tert-alkyl or cyclic N) is 1. The SMILES string of the molecule is CC(C)C(C)(CC(=O)N1CC[C@@H](O)C1)C(=O)O. The Hall–Kier alpha value is -1.10. The molecule has 17 heavy (non-hydrogen) atoms. The first kappa shape index (κ1) is 14.0. The minimum Gasteiger partial charge on any atom is -0.481 e. The van der Waals surface area contributed by atoms with Crippen LogP contribution in [0.1, 0.15) is 33.6 Å². The molecule has 1 amide bonds. The van der Waals surface area contributed by atoms with Gasteiger partial charge in [0.25, 0.3) is 0 Å². The lowest BCUT2D eigenvalue weighted by molar-refractivity contribution is -0.155. The maximum Gasteiger partial charge on any atom is 0.310 e. The van der Waals surface area contributed by atoms with Crippen LogP contribution in [0.15, 0.2) is 0 Å². The van der Waals surface area contributed by atoms with Crippen molar-refractivity contribution in [3.05, 3.63) is 0 Å². The van der Waals surface area contributed by atoms with Crippen LogP contribution in [-0.4, -0.2) is 46.2 Å². The third-order valence-electron chi connectivity index (χ3n) is 3.80. The minimum atomic E-state index is -1.04. The molecular weight excluding hydrogens is 222 g/mol. The highest BCUT2D eigenvalue weighted by Crippen LogP contribution is 2.32. The Morgan fingerprint density at radius 2 is 2.06 bits per heavy atom. The van der Waals surface area contributed by atoms with Crippen LogP contribution in [0.5, 0.6) is 0 Å². The van der Waals surface area contributed by atoms with Crippen molar-refractivity contribution < 1.29 is 19.8 Å². The molecule has 0 spiro atoms. The van der Waals surface area contributed by atoms with Gasteiger partial charge < -0.3 is 15.1 Å². The standard InChI is InChI=1S/C12H21NO4/c1-8(2)12(3,11(16)17)6-10(15)13-5-4-9(14)7-13/h8-9,14H,4-7H2,1-3H3,(H,16,17)/t9-,12?/m1/s1. The van der Waals surface area contributed by atoms with E-state index >= 15 is 0 Å². The van der Waals surface area contributed by atoms with Crippen molar-refractivity contribution in [2.75, 3.05) is 13.1 Å². The Morgan fingerprint density at radius 1 is 1.47 bits per heavy atom. The van der Waals surface area contributed by atoms with E-state index in [0.717, 1.165) is 0 Å². The molecule has 1 aliphatic rings. The molecule has 0 aromatic heterocycles. The molecule has 1 saturated heterocycles. The molecule has 0 radical (unpaired) electrons. The van der Waals surface area contributed by atoms with E-state index in [-0.39, 0.29) is 18.2 Å². The molecule has 1 unspecified atom stereocenters. The molecule has 5 nitrogen and oxygen atoms in total. The van der Waals surface area contributed by atoms with Crippen LogP contribution in [0.25, 0.3) is 0 Å². The zero-order valence-electron chi connectivity index (χ0n) is 10.6. The number of carbonyl (C=O) groups is 2. The van der Waals surface area contributed by atoms with Gasteiger partial charge >= 0.3 is 5.97 Å². The van der Waals surface area contributed by atoms with Crippen molar-refractivity contribution in [2.24, 2.45) is 11.3 Å². The Bertz CT molecular complexity index is 316. The van der Waals surface area contributed by atoms with E-state index in [9.17, 15) is 19.8 Å². The average molecular weight is 243 g/mol. The number of aliphatic hydroxyl groups is 1. The second kappa shape index (κ2) is 5.04. The quantitative estimate of drug-likeness (QED) is 0.762. The summed E-state index contributed by atoms with van der Waals surface area (Å²) < 4.78 is 0. The molecule has 2 N–H and O–H groups in total. The summed E-state index contributed by atoms with van der Waals surface area (Å²) in [5, 5.41) is 18.6. The fourth-order valence-electron chi connectivity index (χ4n) is 1.92. The zero-order chi connectivity index (χ0) is 13.2. The summed E-state index contributed by atoms with van der Waals surface area (Å²) in [6, 6.07) is 0. The third-order valence-corrected chi connectivity index (χ3v) is 3.80. The second-order valence-electron chi connectivity index (χ2n) is 5.34. The van der Waals surface area contributed by atoms with Crippen LogP contribution < -0.4 is 0 Å². The van der Waals surface area contributed by atoms with Gasteiger partial charge in [-0.05, 0) is 19.3 Å². The summed E-state index contributed by atoms with van der Waals surface area (Å²) in [5.41, 5.74) is -1.04. The van der Waals surface area contributed by atoms with Crippen molar-refractivity contribution >= 4 is 11.9 Å². The summed E-state index contributed by atoms with van der Waals surface area (Å²) >= 11 is 0. The van der Waals surface area contributed by atoms with Crippen LogP contribution in [0.3, 0.4) is 0 Å². The molecule has 1 aliphatic heterocycles. The molecule has 2 atom stereocenters. The number of carboxylic acid groups (broad SMARTS) is 1. The van der Waals surface area contributed by atoms with Gasteiger partial charge in [0.1, 0.15) is 0 Å². The Labute approximate surface area is 101 Å². The van der Waals surface area contributed by atoms with Crippen LogP contribution in [0, 0.1) is 11.3 Å². The van der Waals surface area contributed by atoms with Crippen molar-refractivity contribution in [1.82, 2.24) is 4.90 Å². The largest absolute Gasteiger partial charge is 0.481 e. The predicted octanol–water partition coefficient (Wildman–Crippen LogP) is 0.717. The molecule has 98 valence electrons. The highest BCUT2D eigenvalue weighted by molar-refractivity contribution is 5.85. The van der Waals surface area contributed by atoms with Crippen molar-refractivity contribution in [1.29, 1.82) is 0 Å². The molecule has 0 saturated carbocycles. The summed E-state index contributed by atoms with van der Waals surface area (Å²) in [7, 11) is 0. The minimum absolute atomic E-state index is 0.00722. The number of carbonyl (C=O) groups excluding carboxylic acids is 1. The number of hydrogen-bond donors (Lipinski definition) is 2. The molecule has 0 bridgehead atoms. The molecule has 1 rings (SSSR count). The average Bonchev–Trinajstić information content (AvgIpc) is 2.64. The molecule has 0 aliphatic carbocycles. The van der Waals surface area contributed by atoms with Gasteiger partial charge in [0.2, 0.25) is 5.91 Å². The Kier molecular flexibility index (Phi) is 4.14. The lowest BCUT2D eigenvalue weighted by Crippen LogP contribution is -2.40. The molecule has 1 fully saturated rings. The van der Waals surface area contributed by atoms with Gasteiger partial charge in [0, 0.05) is 19.5 Å². The van der Waals surface area contributed by atoms with E-state index in [1.165, 1.54) is 0 Å². The van der Waals surface area contributed by atoms with Gasteiger partial charge in [-0.1, -0.05) is 13.8 Å². The normalized spacial score (nSPS) is 23.8. The van der Waals surface area contributed by atoms with Crippen LogP contribution in [-0.2, 0) is 9.59 Å². The number of aliphatic hydroxyl groups excluding tert-OH is 1. The number of likely N-dealkylation sites (tertiary alicyclic amines) is 1. The van der Waals surface area contributed by atoms with E-state index in [4.69, 9.17) is 0 Å². The predicted molar refractivity (Wildman–Crippen MR) is 62.4 cm³/mol. The van der Waals surface area contributed by atoms with Gasteiger partial charge in [0.05, 0.1) is 11.5 Å². The van der Waals surface area contributed by atoms with Gasteiger partial charge in [-0.2, -0.15) is 0 Å². The van der Waals surface area contributed by atoms with E-state index in [1.807, 2.05) is 0 Å². The number of hydrogen-bond acceptors (Lipinski definition) is 3. The molecule has 0 aromatic carbocycles. The first-order valence-electron chi connectivity index (χ1n) is 5.96. The maximum absolute atomic E-state index is 12.0. The monoisotopic (exact) mass is 243 g/mol. The van der Waals surface area contributed by atoms with Crippen LogP contribution in [0.2, 0.25) is 0 Å². The second-order valence-corrected chi connectivity index (χ2v) is 5.34. The fraction of sp³-hybridized carbons (Fsp3) is 0.833. The highest BCUT2D eigenvalue weighted by atomic mass is 16.4.